The Morgan fingerprint density at radius 1 is 1.19 bits per heavy atom. The molecule has 2 aromatic carbocycles. The Kier molecular flexibility index (Phi) is 4.12. The van der Waals surface area contributed by atoms with Crippen molar-refractivity contribution in [3.63, 3.8) is 0 Å². The molecule has 0 saturated heterocycles. The van der Waals surface area contributed by atoms with Crippen molar-refractivity contribution in [1.82, 2.24) is 9.55 Å². The highest BCUT2D eigenvalue weighted by Crippen LogP contribution is 2.36. The first-order valence-electron chi connectivity index (χ1n) is 8.59. The molecule has 1 aliphatic heterocycles. The predicted molar refractivity (Wildman–Crippen MR) is 102 cm³/mol. The zero-order valence-corrected chi connectivity index (χ0v) is 14.8. The molecule has 7 nitrogen and oxygen atoms in total. The lowest BCUT2D eigenvalue weighted by molar-refractivity contribution is 0.293. The number of ether oxygens (including phenoxy) is 2. The summed E-state index contributed by atoms with van der Waals surface area (Å²) in [6.45, 7) is 2.69. The summed E-state index contributed by atoms with van der Waals surface area (Å²) >= 11 is 0. The molecule has 1 atom stereocenters. The summed E-state index contributed by atoms with van der Waals surface area (Å²) in [6.07, 6.45) is 0.593. The first kappa shape index (κ1) is 16.3. The number of fused-ring (bicyclic) bond motifs is 3. The molecule has 7 heteroatoms. The maximum atomic E-state index is 6.00. The van der Waals surface area contributed by atoms with E-state index >= 15 is 0 Å². The van der Waals surface area contributed by atoms with E-state index in [9.17, 15) is 0 Å². The van der Waals surface area contributed by atoms with Gasteiger partial charge in [-0.1, -0.05) is 25.1 Å². The molecule has 0 spiro atoms. The number of nitrogens with two attached hydrogens (primary N) is 1. The lowest BCUT2D eigenvalue weighted by atomic mass is 10.1. The van der Waals surface area contributed by atoms with Gasteiger partial charge in [0.15, 0.2) is 23.6 Å². The quantitative estimate of drug-likeness (QED) is 0.737. The molecule has 134 valence electrons. The molecule has 1 aliphatic rings. The molecule has 1 aromatic heterocycles. The van der Waals surface area contributed by atoms with Gasteiger partial charge in [0.25, 0.3) is 0 Å². The van der Waals surface area contributed by atoms with Crippen LogP contribution >= 0.6 is 0 Å². The van der Waals surface area contributed by atoms with Crippen molar-refractivity contribution in [3.8, 4) is 11.5 Å². The number of benzene rings is 2. The largest absolute Gasteiger partial charge is 0.493 e. The molecule has 0 bridgehead atoms. The van der Waals surface area contributed by atoms with E-state index in [4.69, 9.17) is 15.2 Å². The van der Waals surface area contributed by atoms with Gasteiger partial charge in [0.2, 0.25) is 5.95 Å². The van der Waals surface area contributed by atoms with Crippen LogP contribution in [0.4, 0.5) is 5.95 Å². The Hall–Kier alpha value is -3.22. The number of guanidine groups is 1. The Labute approximate surface area is 151 Å². The molecular weight excluding hydrogens is 330 g/mol. The summed E-state index contributed by atoms with van der Waals surface area (Å²) < 4.78 is 13.3. The smallest absolute Gasteiger partial charge is 0.212 e. The van der Waals surface area contributed by atoms with Gasteiger partial charge < -0.3 is 15.2 Å². The molecular formula is C19H21N5O2. The van der Waals surface area contributed by atoms with Crippen LogP contribution < -0.4 is 20.5 Å². The second-order valence-electron chi connectivity index (χ2n) is 6.07. The highest BCUT2D eigenvalue weighted by Gasteiger charge is 2.25. The lowest BCUT2D eigenvalue weighted by Crippen LogP contribution is -2.31. The van der Waals surface area contributed by atoms with E-state index in [1.807, 2.05) is 47.0 Å². The van der Waals surface area contributed by atoms with Crippen LogP contribution in [0.3, 0.4) is 0 Å². The van der Waals surface area contributed by atoms with Gasteiger partial charge in [-0.05, 0) is 30.7 Å². The van der Waals surface area contributed by atoms with Crippen molar-refractivity contribution < 1.29 is 9.47 Å². The number of hydrogen-bond donors (Lipinski definition) is 2. The van der Waals surface area contributed by atoms with Gasteiger partial charge in [-0.15, -0.1) is 0 Å². The molecule has 4 rings (SSSR count). The number of anilines is 1. The van der Waals surface area contributed by atoms with Crippen LogP contribution in [0.25, 0.3) is 11.0 Å². The van der Waals surface area contributed by atoms with E-state index in [0.29, 0.717) is 30.0 Å². The number of rotatable bonds is 5. The van der Waals surface area contributed by atoms with Gasteiger partial charge in [-0.3, -0.25) is 9.88 Å². The van der Waals surface area contributed by atoms with Crippen molar-refractivity contribution in [3.05, 3.63) is 48.0 Å². The molecule has 0 saturated carbocycles. The Morgan fingerprint density at radius 3 is 2.85 bits per heavy atom. The molecule has 0 aliphatic carbocycles. The number of imidazole rings is 1. The highest BCUT2D eigenvalue weighted by molar-refractivity contribution is 5.94. The van der Waals surface area contributed by atoms with Crippen LogP contribution in [-0.2, 0) is 0 Å². The number of nitrogens with one attached hydrogen (secondary N) is 1. The van der Waals surface area contributed by atoms with Crippen molar-refractivity contribution in [2.75, 3.05) is 19.0 Å². The molecule has 0 radical (unpaired) electrons. The number of methoxy groups -OCH3 is 1. The third-order valence-corrected chi connectivity index (χ3v) is 4.29. The van der Waals surface area contributed by atoms with Gasteiger partial charge in [0.05, 0.1) is 24.8 Å². The Bertz CT molecular complexity index is 979. The molecule has 3 N–H and O–H groups in total. The average molecular weight is 351 g/mol. The molecule has 3 aromatic rings. The van der Waals surface area contributed by atoms with E-state index in [0.717, 1.165) is 23.0 Å². The number of para-hydroxylation sites is 2. The second-order valence-corrected chi connectivity index (χ2v) is 6.07. The van der Waals surface area contributed by atoms with Gasteiger partial charge in [-0.25, -0.2) is 9.98 Å². The maximum Gasteiger partial charge on any atom is 0.212 e. The van der Waals surface area contributed by atoms with E-state index < -0.39 is 0 Å². The molecule has 0 amide bonds. The van der Waals surface area contributed by atoms with Crippen molar-refractivity contribution >= 4 is 22.9 Å². The van der Waals surface area contributed by atoms with Crippen molar-refractivity contribution in [2.45, 2.75) is 19.5 Å². The first-order chi connectivity index (χ1) is 12.7. The zero-order chi connectivity index (χ0) is 18.1. The SMILES string of the molecule is CCCOc1cc(C2N=C(N)Nc3nc4ccccc4n32)ccc1OC. The van der Waals surface area contributed by atoms with Gasteiger partial charge in [0, 0.05) is 5.56 Å². The minimum absolute atomic E-state index is 0.325. The topological polar surface area (TPSA) is 86.7 Å². The van der Waals surface area contributed by atoms with Crippen LogP contribution in [0.5, 0.6) is 11.5 Å². The number of aromatic nitrogens is 2. The van der Waals surface area contributed by atoms with Crippen LogP contribution in [0.15, 0.2) is 47.5 Å². The van der Waals surface area contributed by atoms with E-state index in [2.05, 4.69) is 22.2 Å². The van der Waals surface area contributed by atoms with E-state index in [-0.39, 0.29) is 6.17 Å². The van der Waals surface area contributed by atoms with Gasteiger partial charge in [0.1, 0.15) is 0 Å². The number of nitrogens with zero attached hydrogens (tertiary/aromatic N) is 3. The van der Waals surface area contributed by atoms with E-state index in [1.165, 1.54) is 0 Å². The summed E-state index contributed by atoms with van der Waals surface area (Å²) in [5.41, 5.74) is 8.83. The number of hydrogen-bond acceptors (Lipinski definition) is 6. The summed E-state index contributed by atoms with van der Waals surface area (Å²) in [5, 5.41) is 3.04. The monoisotopic (exact) mass is 351 g/mol. The van der Waals surface area contributed by atoms with Crippen LogP contribution in [0.2, 0.25) is 0 Å². The second kappa shape index (κ2) is 6.59. The minimum Gasteiger partial charge on any atom is -0.493 e. The van der Waals surface area contributed by atoms with Crippen LogP contribution in [0, 0.1) is 0 Å². The molecule has 2 heterocycles. The Morgan fingerprint density at radius 2 is 2.04 bits per heavy atom. The summed E-state index contributed by atoms with van der Waals surface area (Å²) in [7, 11) is 1.63. The number of aliphatic imine (C=N–C) groups is 1. The summed E-state index contributed by atoms with van der Waals surface area (Å²) in [4.78, 5) is 9.22. The minimum atomic E-state index is -0.325. The van der Waals surface area contributed by atoms with Crippen LogP contribution in [0.1, 0.15) is 25.1 Å². The fourth-order valence-corrected chi connectivity index (χ4v) is 3.12. The van der Waals surface area contributed by atoms with E-state index in [1.54, 1.807) is 7.11 Å². The summed E-state index contributed by atoms with van der Waals surface area (Å²) in [6, 6.07) is 13.8. The Balaban J connectivity index is 1.83. The maximum absolute atomic E-state index is 6.00. The molecule has 1 unspecified atom stereocenters. The third-order valence-electron chi connectivity index (χ3n) is 4.29. The normalized spacial score (nSPS) is 15.9. The standard InChI is InChI=1S/C19H21N5O2/c1-3-10-26-16-11-12(8-9-15(16)25-2)17-22-18(20)23-19-21-13-6-4-5-7-14(13)24(17)19/h4-9,11,17H,3,10H2,1-2H3,(H3,20,21,22,23). The fraction of sp³-hybridized carbons (Fsp3) is 0.263. The predicted octanol–water partition coefficient (Wildman–Crippen LogP) is 3.12. The van der Waals surface area contributed by atoms with Gasteiger partial charge >= 0.3 is 0 Å². The lowest BCUT2D eigenvalue weighted by Gasteiger charge is -2.24. The summed E-state index contributed by atoms with van der Waals surface area (Å²) in [5.74, 6) is 2.41. The fourth-order valence-electron chi connectivity index (χ4n) is 3.12. The van der Waals surface area contributed by atoms with Crippen molar-refractivity contribution in [1.29, 1.82) is 0 Å². The average Bonchev–Trinajstić information content (AvgIpc) is 3.03. The third kappa shape index (κ3) is 2.71. The van der Waals surface area contributed by atoms with Crippen LogP contribution in [-0.4, -0.2) is 29.2 Å². The zero-order valence-electron chi connectivity index (χ0n) is 14.8. The highest BCUT2D eigenvalue weighted by atomic mass is 16.5. The van der Waals surface area contributed by atoms with Gasteiger partial charge in [-0.2, -0.15) is 0 Å². The van der Waals surface area contributed by atoms with Crippen molar-refractivity contribution in [2.24, 2.45) is 10.7 Å². The first-order valence-corrected chi connectivity index (χ1v) is 8.59. The molecule has 26 heavy (non-hydrogen) atoms. The molecule has 0 fully saturated rings.